The average Bonchev–Trinajstić information content (AvgIpc) is 2.13. The summed E-state index contributed by atoms with van der Waals surface area (Å²) in [5, 5.41) is -0.266. The molecule has 5 heteroatoms. The third-order valence-electron chi connectivity index (χ3n) is 2.25. The van der Waals surface area contributed by atoms with Gasteiger partial charge < -0.3 is 4.74 Å². The third-order valence-corrected chi connectivity index (χ3v) is 3.87. The van der Waals surface area contributed by atoms with Gasteiger partial charge in [0, 0.05) is 6.42 Å². The molecule has 0 aromatic rings. The standard InChI is InChI=1S/C13H24F2O2S/c1-9(2)11(12(16)17-10(3)4)18-8-6-7-13(5,14)15/h9-11H,6-8H2,1-5H3. The monoisotopic (exact) mass is 282 g/mol. The number of carbonyl (C=O) groups excluding carboxylic acids is 1. The first-order valence-corrected chi connectivity index (χ1v) is 7.38. The first-order valence-electron chi connectivity index (χ1n) is 6.33. The Morgan fingerprint density at radius 1 is 1.28 bits per heavy atom. The van der Waals surface area contributed by atoms with Crippen molar-refractivity contribution in [2.45, 2.75) is 64.7 Å². The molecular weight excluding hydrogens is 258 g/mol. The maximum Gasteiger partial charge on any atom is 0.319 e. The molecule has 0 saturated carbocycles. The van der Waals surface area contributed by atoms with E-state index in [1.807, 2.05) is 13.8 Å². The van der Waals surface area contributed by atoms with Crippen molar-refractivity contribution in [2.24, 2.45) is 5.92 Å². The van der Waals surface area contributed by atoms with E-state index >= 15 is 0 Å². The third kappa shape index (κ3) is 8.72. The molecule has 0 rings (SSSR count). The molecule has 0 heterocycles. The molecule has 18 heavy (non-hydrogen) atoms. The van der Waals surface area contributed by atoms with E-state index in [1.54, 1.807) is 13.8 Å². The molecule has 0 saturated heterocycles. The lowest BCUT2D eigenvalue weighted by Crippen LogP contribution is -2.28. The highest BCUT2D eigenvalue weighted by molar-refractivity contribution is 8.00. The van der Waals surface area contributed by atoms with Gasteiger partial charge in [-0.15, -0.1) is 11.8 Å². The molecule has 0 spiro atoms. The van der Waals surface area contributed by atoms with E-state index < -0.39 is 5.92 Å². The Bertz CT molecular complexity index is 250. The Morgan fingerprint density at radius 2 is 1.83 bits per heavy atom. The van der Waals surface area contributed by atoms with Crippen LogP contribution in [-0.4, -0.2) is 29.0 Å². The SMILES string of the molecule is CC(C)OC(=O)C(SCCCC(C)(F)F)C(C)C. The summed E-state index contributed by atoms with van der Waals surface area (Å²) in [7, 11) is 0. The van der Waals surface area contributed by atoms with Gasteiger partial charge in [-0.3, -0.25) is 4.79 Å². The fourth-order valence-corrected chi connectivity index (χ4v) is 2.57. The number of thioether (sulfide) groups is 1. The van der Waals surface area contributed by atoms with Gasteiger partial charge in [-0.2, -0.15) is 0 Å². The second kappa shape index (κ2) is 7.97. The molecule has 0 aliphatic carbocycles. The zero-order valence-electron chi connectivity index (χ0n) is 11.8. The van der Waals surface area contributed by atoms with Crippen LogP contribution in [0.5, 0.6) is 0 Å². The van der Waals surface area contributed by atoms with E-state index in [2.05, 4.69) is 0 Å². The summed E-state index contributed by atoms with van der Waals surface area (Å²) < 4.78 is 30.4. The summed E-state index contributed by atoms with van der Waals surface area (Å²) >= 11 is 1.41. The molecule has 0 amide bonds. The minimum atomic E-state index is -2.62. The van der Waals surface area contributed by atoms with Crippen molar-refractivity contribution in [3.63, 3.8) is 0 Å². The fourth-order valence-electron chi connectivity index (χ4n) is 1.42. The predicted octanol–water partition coefficient (Wildman–Crippen LogP) is 4.13. The van der Waals surface area contributed by atoms with Gasteiger partial charge in [0.1, 0.15) is 5.25 Å². The lowest BCUT2D eigenvalue weighted by Gasteiger charge is -2.20. The number of esters is 1. The number of hydrogen-bond acceptors (Lipinski definition) is 3. The normalized spacial score (nSPS) is 14.1. The van der Waals surface area contributed by atoms with Crippen LogP contribution in [0.4, 0.5) is 8.78 Å². The second-order valence-corrected chi connectivity index (χ2v) is 6.44. The number of hydrogen-bond donors (Lipinski definition) is 0. The van der Waals surface area contributed by atoms with E-state index in [9.17, 15) is 13.6 Å². The molecule has 1 unspecified atom stereocenters. The van der Waals surface area contributed by atoms with Crippen LogP contribution < -0.4 is 0 Å². The lowest BCUT2D eigenvalue weighted by atomic mass is 10.1. The summed E-state index contributed by atoms with van der Waals surface area (Å²) in [4.78, 5) is 11.8. The molecule has 0 fully saturated rings. The molecule has 0 aliphatic heterocycles. The average molecular weight is 282 g/mol. The van der Waals surface area contributed by atoms with Crippen LogP contribution in [-0.2, 0) is 9.53 Å². The molecule has 0 bridgehead atoms. The maximum atomic E-state index is 12.6. The topological polar surface area (TPSA) is 26.3 Å². The van der Waals surface area contributed by atoms with E-state index in [-0.39, 0.29) is 29.7 Å². The first kappa shape index (κ1) is 17.7. The van der Waals surface area contributed by atoms with Gasteiger partial charge in [-0.25, -0.2) is 8.78 Å². The molecule has 0 radical (unpaired) electrons. The molecule has 2 nitrogen and oxygen atoms in total. The molecular formula is C13H24F2O2S. The summed E-state index contributed by atoms with van der Waals surface area (Å²) in [6.07, 6.45) is 0.135. The van der Waals surface area contributed by atoms with Crippen LogP contribution in [0.15, 0.2) is 0 Å². The second-order valence-electron chi connectivity index (χ2n) is 5.19. The summed E-state index contributed by atoms with van der Waals surface area (Å²) in [6.45, 7) is 8.40. The maximum absolute atomic E-state index is 12.6. The van der Waals surface area contributed by atoms with Crippen molar-refractivity contribution >= 4 is 17.7 Å². The van der Waals surface area contributed by atoms with Gasteiger partial charge in [0.25, 0.3) is 0 Å². The van der Waals surface area contributed by atoms with Gasteiger partial charge >= 0.3 is 5.97 Å². The van der Waals surface area contributed by atoms with Gasteiger partial charge in [0.05, 0.1) is 6.10 Å². The van der Waals surface area contributed by atoms with Crippen molar-refractivity contribution < 1.29 is 18.3 Å². The Hall–Kier alpha value is -0.320. The molecule has 0 aliphatic rings. The van der Waals surface area contributed by atoms with Crippen molar-refractivity contribution in [1.29, 1.82) is 0 Å². The summed E-state index contributed by atoms with van der Waals surface area (Å²) in [5.41, 5.74) is 0. The number of carbonyl (C=O) groups is 1. The minimum absolute atomic E-state index is 0.135. The Balaban J connectivity index is 4.10. The van der Waals surface area contributed by atoms with Gasteiger partial charge in [-0.1, -0.05) is 13.8 Å². The van der Waals surface area contributed by atoms with Gasteiger partial charge in [-0.05, 0) is 38.9 Å². The largest absolute Gasteiger partial charge is 0.462 e. The van der Waals surface area contributed by atoms with Crippen molar-refractivity contribution in [2.75, 3.05) is 5.75 Å². The minimum Gasteiger partial charge on any atom is -0.462 e. The molecule has 0 aromatic carbocycles. The van der Waals surface area contributed by atoms with Crippen LogP contribution in [0.2, 0.25) is 0 Å². The van der Waals surface area contributed by atoms with E-state index in [0.717, 1.165) is 6.92 Å². The van der Waals surface area contributed by atoms with Crippen molar-refractivity contribution in [3.05, 3.63) is 0 Å². The highest BCUT2D eigenvalue weighted by Gasteiger charge is 2.26. The van der Waals surface area contributed by atoms with Gasteiger partial charge in [0.2, 0.25) is 5.92 Å². The van der Waals surface area contributed by atoms with E-state index in [0.29, 0.717) is 12.2 Å². The Labute approximate surface area is 113 Å². The highest BCUT2D eigenvalue weighted by Crippen LogP contribution is 2.25. The first-order chi connectivity index (χ1) is 8.13. The number of rotatable bonds is 8. The Morgan fingerprint density at radius 3 is 2.22 bits per heavy atom. The van der Waals surface area contributed by atoms with Crippen LogP contribution in [0.1, 0.15) is 47.5 Å². The van der Waals surface area contributed by atoms with Crippen LogP contribution in [0.3, 0.4) is 0 Å². The summed E-state index contributed by atoms with van der Waals surface area (Å²) in [5.74, 6) is -2.16. The molecule has 0 N–H and O–H groups in total. The highest BCUT2D eigenvalue weighted by atomic mass is 32.2. The van der Waals surface area contributed by atoms with Crippen LogP contribution >= 0.6 is 11.8 Å². The van der Waals surface area contributed by atoms with Crippen molar-refractivity contribution in [3.8, 4) is 0 Å². The number of ether oxygens (including phenoxy) is 1. The zero-order valence-corrected chi connectivity index (χ0v) is 12.7. The fraction of sp³-hybridized carbons (Fsp3) is 0.923. The van der Waals surface area contributed by atoms with Crippen LogP contribution in [0, 0.1) is 5.92 Å². The zero-order chi connectivity index (χ0) is 14.3. The number of halogens is 2. The summed E-state index contributed by atoms with van der Waals surface area (Å²) in [6, 6.07) is 0. The molecule has 0 aromatic heterocycles. The number of alkyl halides is 2. The van der Waals surface area contributed by atoms with E-state index in [1.165, 1.54) is 11.8 Å². The lowest BCUT2D eigenvalue weighted by molar-refractivity contribution is -0.147. The Kier molecular flexibility index (Phi) is 7.83. The predicted molar refractivity (Wildman–Crippen MR) is 72.2 cm³/mol. The molecule has 1 atom stereocenters. The van der Waals surface area contributed by atoms with Crippen molar-refractivity contribution in [1.82, 2.24) is 0 Å². The quantitative estimate of drug-likeness (QED) is 0.494. The smallest absolute Gasteiger partial charge is 0.319 e. The molecule has 108 valence electrons. The van der Waals surface area contributed by atoms with E-state index in [4.69, 9.17) is 4.74 Å². The van der Waals surface area contributed by atoms with Gasteiger partial charge in [0.15, 0.2) is 0 Å². The van der Waals surface area contributed by atoms with Crippen LogP contribution in [0.25, 0.3) is 0 Å².